The Hall–Kier alpha value is -2.34. The molecule has 122 valence electrons. The maximum atomic E-state index is 12.6. The molecule has 6 nitrogen and oxygen atoms in total. The summed E-state index contributed by atoms with van der Waals surface area (Å²) in [6, 6.07) is 12.3. The van der Waals surface area contributed by atoms with E-state index in [0.717, 1.165) is 18.8 Å². The fourth-order valence-electron chi connectivity index (χ4n) is 3.06. The Bertz CT molecular complexity index is 682. The lowest BCUT2D eigenvalue weighted by molar-refractivity contribution is -0.134. The molecule has 1 fully saturated rings. The third-order valence-electron chi connectivity index (χ3n) is 4.40. The first kappa shape index (κ1) is 15.6. The molecule has 0 aliphatic carbocycles. The van der Waals surface area contributed by atoms with Crippen LogP contribution in [0.1, 0.15) is 17.3 Å². The Balaban J connectivity index is 1.71. The average molecular weight is 313 g/mol. The maximum Gasteiger partial charge on any atom is 0.244 e. The van der Waals surface area contributed by atoms with E-state index in [1.165, 1.54) is 5.56 Å². The lowest BCUT2D eigenvalue weighted by Crippen LogP contribution is -2.49. The number of likely N-dealkylation sites (N-methyl/N-ethyl adjacent to an activating group) is 1. The lowest BCUT2D eigenvalue weighted by Gasteiger charge is -2.39. The summed E-state index contributed by atoms with van der Waals surface area (Å²) in [6.07, 6.45) is 0. The highest BCUT2D eigenvalue weighted by Gasteiger charge is 2.28. The molecule has 0 bridgehead atoms. The zero-order valence-corrected chi connectivity index (χ0v) is 13.6. The molecular formula is C17H23N5O. The quantitative estimate of drug-likeness (QED) is 0.927. The van der Waals surface area contributed by atoms with E-state index in [2.05, 4.69) is 29.2 Å². The summed E-state index contributed by atoms with van der Waals surface area (Å²) in [7, 11) is 2.11. The van der Waals surface area contributed by atoms with Gasteiger partial charge < -0.3 is 10.6 Å². The van der Waals surface area contributed by atoms with Gasteiger partial charge in [-0.25, -0.2) is 4.68 Å². The van der Waals surface area contributed by atoms with Crippen molar-refractivity contribution in [3.05, 3.63) is 47.7 Å². The smallest absolute Gasteiger partial charge is 0.244 e. The second-order valence-electron chi connectivity index (χ2n) is 6.12. The van der Waals surface area contributed by atoms with Gasteiger partial charge in [-0.1, -0.05) is 30.3 Å². The largest absolute Gasteiger partial charge is 0.384 e. The normalized spacial score (nSPS) is 19.0. The molecule has 0 radical (unpaired) electrons. The van der Waals surface area contributed by atoms with Gasteiger partial charge >= 0.3 is 0 Å². The number of amides is 1. The summed E-state index contributed by atoms with van der Waals surface area (Å²) in [4.78, 5) is 16.8. The number of nitrogen functional groups attached to an aromatic ring is 1. The van der Waals surface area contributed by atoms with E-state index in [1.54, 1.807) is 10.7 Å². The van der Waals surface area contributed by atoms with Crippen molar-refractivity contribution >= 4 is 11.7 Å². The number of piperazine rings is 1. The average Bonchev–Trinajstić information content (AvgIpc) is 2.86. The standard InChI is InChI=1S/C17H23N5O/c1-13-10-16(18)22(19-13)12-17(23)21-9-8-20(2)15(11-21)14-6-4-3-5-7-14/h3-7,10,15H,8-9,11-12,18H2,1-2H3/t15-/m1/s1. The molecule has 1 aromatic carbocycles. The summed E-state index contributed by atoms with van der Waals surface area (Å²) < 4.78 is 1.58. The van der Waals surface area contributed by atoms with Gasteiger partial charge in [0.05, 0.1) is 11.7 Å². The third-order valence-corrected chi connectivity index (χ3v) is 4.40. The van der Waals surface area contributed by atoms with E-state index >= 15 is 0 Å². The number of aromatic nitrogens is 2. The Morgan fingerprint density at radius 1 is 1.30 bits per heavy atom. The number of nitrogens with two attached hydrogens (primary N) is 1. The molecule has 3 rings (SSSR count). The van der Waals surface area contributed by atoms with Gasteiger partial charge in [0.2, 0.25) is 5.91 Å². The van der Waals surface area contributed by atoms with Gasteiger partial charge in [0, 0.05) is 25.7 Å². The number of carbonyl (C=O) groups is 1. The first-order valence-corrected chi connectivity index (χ1v) is 7.87. The summed E-state index contributed by atoms with van der Waals surface area (Å²) in [5, 5.41) is 4.27. The number of nitrogens with zero attached hydrogens (tertiary/aromatic N) is 4. The zero-order valence-electron chi connectivity index (χ0n) is 13.6. The molecule has 0 spiro atoms. The van der Waals surface area contributed by atoms with Gasteiger partial charge in [-0.05, 0) is 19.5 Å². The van der Waals surface area contributed by atoms with Crippen LogP contribution in [-0.4, -0.2) is 52.2 Å². The SMILES string of the molecule is Cc1cc(N)n(CC(=O)N2CCN(C)[C@@H](c3ccccc3)C2)n1. The molecule has 2 N–H and O–H groups in total. The molecular weight excluding hydrogens is 290 g/mol. The highest BCUT2D eigenvalue weighted by Crippen LogP contribution is 2.24. The van der Waals surface area contributed by atoms with E-state index in [9.17, 15) is 4.79 Å². The number of anilines is 1. The van der Waals surface area contributed by atoms with Crippen molar-refractivity contribution in [1.29, 1.82) is 0 Å². The third kappa shape index (κ3) is 3.37. The summed E-state index contributed by atoms with van der Waals surface area (Å²) in [5.41, 5.74) is 7.95. The second-order valence-corrected chi connectivity index (χ2v) is 6.12. The van der Waals surface area contributed by atoms with Crippen LogP contribution in [-0.2, 0) is 11.3 Å². The van der Waals surface area contributed by atoms with Crippen molar-refractivity contribution in [1.82, 2.24) is 19.6 Å². The van der Waals surface area contributed by atoms with Gasteiger partial charge in [-0.2, -0.15) is 5.10 Å². The van der Waals surface area contributed by atoms with Crippen LogP contribution >= 0.6 is 0 Å². The summed E-state index contributed by atoms with van der Waals surface area (Å²) in [5.74, 6) is 0.596. The number of rotatable bonds is 3. The van der Waals surface area contributed by atoms with Crippen LogP contribution in [0.2, 0.25) is 0 Å². The lowest BCUT2D eigenvalue weighted by atomic mass is 10.0. The Kier molecular flexibility index (Phi) is 4.34. The van der Waals surface area contributed by atoms with Gasteiger partial charge in [0.1, 0.15) is 12.4 Å². The van der Waals surface area contributed by atoms with Crippen molar-refractivity contribution in [2.45, 2.75) is 19.5 Å². The molecule has 2 aromatic rings. The van der Waals surface area contributed by atoms with Crippen LogP contribution in [0.3, 0.4) is 0 Å². The highest BCUT2D eigenvalue weighted by molar-refractivity contribution is 5.76. The Morgan fingerprint density at radius 3 is 2.70 bits per heavy atom. The fraction of sp³-hybridized carbons (Fsp3) is 0.412. The zero-order chi connectivity index (χ0) is 16.4. The molecule has 0 saturated carbocycles. The predicted molar refractivity (Wildman–Crippen MR) is 89.8 cm³/mol. The molecule has 1 aromatic heterocycles. The minimum atomic E-state index is 0.0637. The number of hydrogen-bond donors (Lipinski definition) is 1. The number of carbonyl (C=O) groups excluding carboxylic acids is 1. The van der Waals surface area contributed by atoms with Gasteiger partial charge in [0.25, 0.3) is 0 Å². The van der Waals surface area contributed by atoms with Crippen LogP contribution in [0.15, 0.2) is 36.4 Å². The van der Waals surface area contributed by atoms with Crippen molar-refractivity contribution in [3.63, 3.8) is 0 Å². The Labute approximate surface area is 136 Å². The van der Waals surface area contributed by atoms with Crippen LogP contribution in [0.25, 0.3) is 0 Å². The topological polar surface area (TPSA) is 67.4 Å². The summed E-state index contributed by atoms with van der Waals surface area (Å²) >= 11 is 0. The molecule has 1 aliphatic rings. The molecule has 1 amide bonds. The number of hydrogen-bond acceptors (Lipinski definition) is 4. The van der Waals surface area contributed by atoms with Gasteiger partial charge in [-0.15, -0.1) is 0 Å². The Morgan fingerprint density at radius 2 is 2.04 bits per heavy atom. The van der Waals surface area contributed by atoms with E-state index < -0.39 is 0 Å². The number of benzene rings is 1. The second kappa shape index (κ2) is 6.42. The molecule has 23 heavy (non-hydrogen) atoms. The van der Waals surface area contributed by atoms with E-state index in [-0.39, 0.29) is 18.5 Å². The van der Waals surface area contributed by atoms with Crippen molar-refractivity contribution in [2.75, 3.05) is 32.4 Å². The van der Waals surface area contributed by atoms with Crippen molar-refractivity contribution in [2.24, 2.45) is 0 Å². The number of aryl methyl sites for hydroxylation is 1. The first-order chi connectivity index (χ1) is 11.0. The molecule has 0 unspecified atom stereocenters. The van der Waals surface area contributed by atoms with Crippen LogP contribution in [0.5, 0.6) is 0 Å². The van der Waals surface area contributed by atoms with Gasteiger partial charge in [0.15, 0.2) is 0 Å². The van der Waals surface area contributed by atoms with Gasteiger partial charge in [-0.3, -0.25) is 9.69 Å². The van der Waals surface area contributed by atoms with E-state index in [0.29, 0.717) is 12.4 Å². The minimum absolute atomic E-state index is 0.0637. The highest BCUT2D eigenvalue weighted by atomic mass is 16.2. The van der Waals surface area contributed by atoms with Crippen molar-refractivity contribution in [3.8, 4) is 0 Å². The van der Waals surface area contributed by atoms with Crippen LogP contribution < -0.4 is 5.73 Å². The molecule has 1 atom stereocenters. The fourth-order valence-corrected chi connectivity index (χ4v) is 3.06. The molecule has 6 heteroatoms. The minimum Gasteiger partial charge on any atom is -0.384 e. The van der Waals surface area contributed by atoms with Crippen LogP contribution in [0.4, 0.5) is 5.82 Å². The maximum absolute atomic E-state index is 12.6. The monoisotopic (exact) mass is 313 g/mol. The predicted octanol–water partition coefficient (Wildman–Crippen LogP) is 1.29. The van der Waals surface area contributed by atoms with Crippen molar-refractivity contribution < 1.29 is 4.79 Å². The molecule has 1 saturated heterocycles. The van der Waals surface area contributed by atoms with E-state index in [4.69, 9.17) is 5.73 Å². The first-order valence-electron chi connectivity index (χ1n) is 7.87. The summed E-state index contributed by atoms with van der Waals surface area (Å²) in [6.45, 7) is 4.36. The molecule has 1 aliphatic heterocycles. The molecule has 2 heterocycles. The van der Waals surface area contributed by atoms with E-state index in [1.807, 2.05) is 30.0 Å². The van der Waals surface area contributed by atoms with Crippen LogP contribution in [0, 0.1) is 6.92 Å².